The van der Waals surface area contributed by atoms with Crippen LogP contribution in [0.4, 0.5) is 0 Å². The molecule has 3 aromatic rings. The van der Waals surface area contributed by atoms with Crippen LogP contribution in [0.5, 0.6) is 0 Å². The molecule has 2 heterocycles. The van der Waals surface area contributed by atoms with Crippen LogP contribution in [0.1, 0.15) is 45.1 Å². The van der Waals surface area contributed by atoms with E-state index in [1.165, 1.54) is 26.7 Å². The molecule has 0 bridgehead atoms. The van der Waals surface area contributed by atoms with Crippen LogP contribution >= 0.6 is 11.3 Å². The molecule has 0 spiro atoms. The molecule has 4 rings (SSSR count). The smallest absolute Gasteiger partial charge is 0.255 e. The number of carbonyl (C=O) groups is 2. The van der Waals surface area contributed by atoms with Gasteiger partial charge in [-0.25, -0.2) is 18.4 Å². The zero-order valence-corrected chi connectivity index (χ0v) is 26.1. The normalized spacial score (nSPS) is 16.7. The van der Waals surface area contributed by atoms with Crippen molar-refractivity contribution in [1.29, 1.82) is 0 Å². The van der Waals surface area contributed by atoms with E-state index >= 15 is 0 Å². The van der Waals surface area contributed by atoms with Gasteiger partial charge in [-0.3, -0.25) is 15.0 Å². The van der Waals surface area contributed by atoms with Crippen molar-refractivity contribution in [2.24, 2.45) is 5.92 Å². The number of amides is 2. The molecule has 12 heteroatoms. The van der Waals surface area contributed by atoms with Gasteiger partial charge in [0, 0.05) is 25.9 Å². The maximum Gasteiger partial charge on any atom is 0.255 e. The SMILES string of the molecule is C#CCCC(=O)N(NC(=O)C1CCCN1)[C@@H](Cc1ccccc1)[C@H](O)CN(CC(C)C)S(=O)(=O)c1ccc2ncsc2c1. The van der Waals surface area contributed by atoms with E-state index in [4.69, 9.17) is 6.42 Å². The van der Waals surface area contributed by atoms with Gasteiger partial charge in [0.2, 0.25) is 15.9 Å². The number of nitrogens with one attached hydrogen (secondary N) is 2. The average Bonchev–Trinajstić information content (AvgIpc) is 3.70. The van der Waals surface area contributed by atoms with Crippen molar-refractivity contribution < 1.29 is 23.1 Å². The Kier molecular flexibility index (Phi) is 11.3. The third kappa shape index (κ3) is 8.40. The van der Waals surface area contributed by atoms with E-state index in [-0.39, 0.29) is 49.1 Å². The number of nitrogens with zero attached hydrogens (tertiary/aromatic N) is 3. The minimum atomic E-state index is -4.04. The predicted molar refractivity (Wildman–Crippen MR) is 167 cm³/mol. The minimum Gasteiger partial charge on any atom is -0.390 e. The Morgan fingerprint density at radius 2 is 1.98 bits per heavy atom. The molecule has 1 unspecified atom stereocenters. The molecule has 0 radical (unpaired) electrons. The van der Waals surface area contributed by atoms with E-state index in [2.05, 4.69) is 21.6 Å². The number of hydrazine groups is 1. The Hall–Kier alpha value is -3.34. The van der Waals surface area contributed by atoms with Gasteiger partial charge in [-0.1, -0.05) is 44.2 Å². The Labute approximate surface area is 257 Å². The Balaban J connectivity index is 1.69. The van der Waals surface area contributed by atoms with E-state index in [0.29, 0.717) is 18.5 Å². The van der Waals surface area contributed by atoms with Crippen molar-refractivity contribution in [3.05, 3.63) is 59.6 Å². The number of sulfonamides is 1. The van der Waals surface area contributed by atoms with E-state index < -0.39 is 34.1 Å². The highest BCUT2D eigenvalue weighted by Gasteiger charge is 2.37. The molecular formula is C31H39N5O5S2. The van der Waals surface area contributed by atoms with Crippen LogP contribution in [0.3, 0.4) is 0 Å². The van der Waals surface area contributed by atoms with Crippen LogP contribution in [-0.2, 0) is 26.0 Å². The Morgan fingerprint density at radius 3 is 2.65 bits per heavy atom. The van der Waals surface area contributed by atoms with Crippen molar-refractivity contribution in [2.75, 3.05) is 19.6 Å². The predicted octanol–water partition coefficient (Wildman–Crippen LogP) is 2.94. The van der Waals surface area contributed by atoms with Crippen molar-refractivity contribution in [2.45, 2.75) is 69.0 Å². The summed E-state index contributed by atoms with van der Waals surface area (Å²) >= 11 is 1.35. The molecule has 0 aliphatic carbocycles. The van der Waals surface area contributed by atoms with Crippen LogP contribution in [0.25, 0.3) is 10.2 Å². The summed E-state index contributed by atoms with van der Waals surface area (Å²) in [5, 5.41) is 16.1. The van der Waals surface area contributed by atoms with E-state index in [1.807, 2.05) is 44.2 Å². The highest BCUT2D eigenvalue weighted by Crippen LogP contribution is 2.26. The van der Waals surface area contributed by atoms with Crippen LogP contribution in [0.2, 0.25) is 0 Å². The lowest BCUT2D eigenvalue weighted by atomic mass is 9.99. The number of terminal acetylenes is 1. The molecule has 1 saturated heterocycles. The number of aromatic nitrogens is 1. The molecule has 10 nitrogen and oxygen atoms in total. The number of thiazole rings is 1. The highest BCUT2D eigenvalue weighted by atomic mass is 32.2. The zero-order chi connectivity index (χ0) is 31.0. The van der Waals surface area contributed by atoms with Gasteiger partial charge in [-0.05, 0) is 55.5 Å². The molecule has 1 fully saturated rings. The average molecular weight is 626 g/mol. The summed E-state index contributed by atoms with van der Waals surface area (Å²) in [6.07, 6.45) is 5.80. The van der Waals surface area contributed by atoms with Crippen molar-refractivity contribution >= 4 is 43.4 Å². The molecule has 2 amide bonds. The van der Waals surface area contributed by atoms with E-state index in [0.717, 1.165) is 16.7 Å². The van der Waals surface area contributed by atoms with Crippen molar-refractivity contribution in [3.63, 3.8) is 0 Å². The molecule has 230 valence electrons. The largest absolute Gasteiger partial charge is 0.390 e. The van der Waals surface area contributed by atoms with Crippen LogP contribution < -0.4 is 10.7 Å². The first-order chi connectivity index (χ1) is 20.6. The summed E-state index contributed by atoms with van der Waals surface area (Å²) < 4.78 is 29.9. The monoisotopic (exact) mass is 625 g/mol. The number of hydrogen-bond donors (Lipinski definition) is 3. The lowest BCUT2D eigenvalue weighted by Gasteiger charge is -2.37. The Bertz CT molecular complexity index is 1530. The van der Waals surface area contributed by atoms with E-state index in [1.54, 1.807) is 17.6 Å². The zero-order valence-electron chi connectivity index (χ0n) is 24.5. The first kappa shape index (κ1) is 32.6. The first-order valence-corrected chi connectivity index (χ1v) is 16.8. The van der Waals surface area contributed by atoms with E-state index in [9.17, 15) is 23.1 Å². The maximum absolute atomic E-state index is 14.0. The van der Waals surface area contributed by atoms with Gasteiger partial charge >= 0.3 is 0 Å². The van der Waals surface area contributed by atoms with Gasteiger partial charge in [0.05, 0.1) is 38.8 Å². The second kappa shape index (κ2) is 14.9. The molecule has 43 heavy (non-hydrogen) atoms. The van der Waals surface area contributed by atoms with Crippen LogP contribution in [-0.4, -0.2) is 77.5 Å². The summed E-state index contributed by atoms with van der Waals surface area (Å²) in [7, 11) is -4.04. The molecule has 1 aromatic heterocycles. The minimum absolute atomic E-state index is 0.0459. The van der Waals surface area contributed by atoms with Gasteiger partial charge in [0.15, 0.2) is 0 Å². The number of aliphatic hydroxyl groups excluding tert-OH is 1. The highest BCUT2D eigenvalue weighted by molar-refractivity contribution is 7.89. The molecule has 3 N–H and O–H groups in total. The van der Waals surface area contributed by atoms with Gasteiger partial charge in [-0.15, -0.1) is 23.7 Å². The second-order valence-corrected chi connectivity index (χ2v) is 13.9. The quantitative estimate of drug-likeness (QED) is 0.197. The summed E-state index contributed by atoms with van der Waals surface area (Å²) in [4.78, 5) is 31.1. The number of fused-ring (bicyclic) bond motifs is 1. The molecule has 3 atom stereocenters. The van der Waals surface area contributed by atoms with Crippen molar-refractivity contribution in [1.82, 2.24) is 25.0 Å². The molecule has 0 saturated carbocycles. The van der Waals surface area contributed by atoms with Gasteiger partial charge < -0.3 is 10.4 Å². The summed E-state index contributed by atoms with van der Waals surface area (Å²) in [6, 6.07) is 12.6. The second-order valence-electron chi connectivity index (χ2n) is 11.1. The molecular weight excluding hydrogens is 587 g/mol. The lowest BCUT2D eigenvalue weighted by Crippen LogP contribution is -2.61. The third-order valence-electron chi connectivity index (χ3n) is 7.32. The Morgan fingerprint density at radius 1 is 1.21 bits per heavy atom. The fourth-order valence-corrected chi connectivity index (χ4v) is 7.58. The number of aliphatic hydroxyl groups is 1. The maximum atomic E-state index is 14.0. The summed E-state index contributed by atoms with van der Waals surface area (Å²) in [5.41, 5.74) is 5.92. The number of benzene rings is 2. The van der Waals surface area contributed by atoms with Crippen molar-refractivity contribution in [3.8, 4) is 12.3 Å². The number of carbonyl (C=O) groups excluding carboxylic acids is 2. The summed E-state index contributed by atoms with van der Waals surface area (Å²) in [6.45, 7) is 4.33. The topological polar surface area (TPSA) is 132 Å². The van der Waals surface area contributed by atoms with Crippen LogP contribution in [0.15, 0.2) is 58.9 Å². The van der Waals surface area contributed by atoms with Gasteiger partial charge in [0.1, 0.15) is 0 Å². The molecule has 1 aliphatic rings. The fourth-order valence-electron chi connectivity index (χ4n) is 5.14. The molecule has 1 aliphatic heterocycles. The lowest BCUT2D eigenvalue weighted by molar-refractivity contribution is -0.148. The molecule has 2 aromatic carbocycles. The third-order valence-corrected chi connectivity index (χ3v) is 9.94. The van der Waals surface area contributed by atoms with Gasteiger partial charge in [-0.2, -0.15) is 4.31 Å². The standard InChI is InChI=1S/C31H39N5O5S2/c1-4-5-13-30(38)36(34-31(39)26-12-9-16-32-26)27(17-23-10-7-6-8-11-23)28(37)20-35(19-22(2)3)43(40,41)24-14-15-25-29(18-24)42-21-33-25/h1,6-8,10-11,14-15,18,21-22,26-28,32,37H,5,9,12-13,16-17,19-20H2,2-3H3,(H,34,39)/t26?,27-,28+/m0/s1. The van der Waals surface area contributed by atoms with Crippen LogP contribution in [0, 0.1) is 18.3 Å². The first-order valence-electron chi connectivity index (χ1n) is 14.4. The number of hydrogen-bond acceptors (Lipinski definition) is 8. The van der Waals surface area contributed by atoms with Gasteiger partial charge in [0.25, 0.3) is 5.91 Å². The fraction of sp³-hybridized carbons (Fsp3) is 0.452. The summed E-state index contributed by atoms with van der Waals surface area (Å²) in [5.74, 6) is 1.56. The number of rotatable bonds is 13.